The normalized spacial score (nSPS) is 13.5. The summed E-state index contributed by atoms with van der Waals surface area (Å²) in [7, 11) is 4.19. The average Bonchev–Trinajstić information content (AvgIpc) is 2.71. The van der Waals surface area contributed by atoms with E-state index in [1.54, 1.807) is 0 Å². The molecule has 0 saturated carbocycles. The van der Waals surface area contributed by atoms with Crippen molar-refractivity contribution in [2.75, 3.05) is 27.2 Å². The van der Waals surface area contributed by atoms with E-state index in [0.29, 0.717) is 0 Å². The molecular formula is C24H36N2O. The van der Waals surface area contributed by atoms with Crippen molar-refractivity contribution < 1.29 is 4.74 Å². The van der Waals surface area contributed by atoms with E-state index < -0.39 is 0 Å². The largest absolute Gasteiger partial charge is 0.486 e. The van der Waals surface area contributed by atoms with Gasteiger partial charge in [-0.1, -0.05) is 62.7 Å². The predicted octanol–water partition coefficient (Wildman–Crippen LogP) is 5.28. The molecule has 0 aliphatic carbocycles. The maximum absolute atomic E-state index is 6.30. The maximum Gasteiger partial charge on any atom is 0.125 e. The molecule has 0 aliphatic rings. The van der Waals surface area contributed by atoms with E-state index in [2.05, 4.69) is 79.6 Å². The molecule has 0 spiro atoms. The summed E-state index contributed by atoms with van der Waals surface area (Å²) in [6.45, 7) is 7.66. The van der Waals surface area contributed by atoms with E-state index in [1.165, 1.54) is 24.0 Å². The lowest BCUT2D eigenvalue weighted by molar-refractivity contribution is 0.195. The molecule has 0 amide bonds. The first kappa shape index (κ1) is 21.5. The van der Waals surface area contributed by atoms with E-state index in [0.717, 1.165) is 37.7 Å². The third-order valence-corrected chi connectivity index (χ3v) is 5.18. The Labute approximate surface area is 165 Å². The fourth-order valence-electron chi connectivity index (χ4n) is 3.11. The van der Waals surface area contributed by atoms with Gasteiger partial charge in [0.1, 0.15) is 11.9 Å². The minimum absolute atomic E-state index is 0.0719. The number of rotatable bonds is 12. The van der Waals surface area contributed by atoms with Crippen LogP contribution in [0.15, 0.2) is 54.6 Å². The zero-order valence-electron chi connectivity index (χ0n) is 17.4. The minimum Gasteiger partial charge on any atom is -0.486 e. The lowest BCUT2D eigenvalue weighted by atomic mass is 10.1. The van der Waals surface area contributed by atoms with Gasteiger partial charge < -0.3 is 15.0 Å². The van der Waals surface area contributed by atoms with Gasteiger partial charge in [0.05, 0.1) is 0 Å². The lowest BCUT2D eigenvalue weighted by Crippen LogP contribution is -2.20. The first-order chi connectivity index (χ1) is 13.1. The van der Waals surface area contributed by atoms with Crippen molar-refractivity contribution in [3.63, 3.8) is 0 Å². The molecule has 1 N–H and O–H groups in total. The van der Waals surface area contributed by atoms with Crippen molar-refractivity contribution in [3.8, 4) is 5.75 Å². The van der Waals surface area contributed by atoms with Crippen molar-refractivity contribution in [3.05, 3.63) is 65.7 Å². The maximum atomic E-state index is 6.30. The van der Waals surface area contributed by atoms with Crippen LogP contribution in [0.25, 0.3) is 0 Å². The molecule has 3 nitrogen and oxygen atoms in total. The van der Waals surface area contributed by atoms with Crippen molar-refractivity contribution in [1.29, 1.82) is 0 Å². The first-order valence-corrected chi connectivity index (χ1v) is 10.3. The van der Waals surface area contributed by atoms with Gasteiger partial charge >= 0.3 is 0 Å². The molecule has 0 saturated heterocycles. The number of nitrogens with zero attached hydrogens (tertiary/aromatic N) is 1. The molecule has 3 heteroatoms. The molecule has 2 unspecified atom stereocenters. The quantitative estimate of drug-likeness (QED) is 0.551. The Kier molecular flexibility index (Phi) is 9.37. The number of ether oxygens (including phenoxy) is 1. The van der Waals surface area contributed by atoms with Crippen molar-refractivity contribution in [1.82, 2.24) is 10.2 Å². The van der Waals surface area contributed by atoms with Crippen LogP contribution in [-0.4, -0.2) is 32.1 Å². The summed E-state index contributed by atoms with van der Waals surface area (Å²) in [6.07, 6.45) is 3.54. The molecule has 148 valence electrons. The lowest BCUT2D eigenvalue weighted by Gasteiger charge is -2.21. The molecule has 2 atom stereocenters. The van der Waals surface area contributed by atoms with E-state index in [1.807, 2.05) is 13.1 Å². The molecule has 0 bridgehead atoms. The van der Waals surface area contributed by atoms with Crippen LogP contribution in [0.5, 0.6) is 5.75 Å². The molecular weight excluding hydrogens is 332 g/mol. The Balaban J connectivity index is 1.92. The molecule has 2 aromatic rings. The predicted molar refractivity (Wildman–Crippen MR) is 115 cm³/mol. The second kappa shape index (κ2) is 11.8. The molecule has 0 fully saturated rings. The van der Waals surface area contributed by atoms with Crippen LogP contribution in [0.3, 0.4) is 0 Å². The summed E-state index contributed by atoms with van der Waals surface area (Å²) in [4.78, 5) is 2.40. The highest BCUT2D eigenvalue weighted by Gasteiger charge is 2.13. The number of benzene rings is 2. The Morgan fingerprint density at radius 2 is 1.70 bits per heavy atom. The minimum atomic E-state index is 0.0719. The monoisotopic (exact) mass is 368 g/mol. The summed E-state index contributed by atoms with van der Waals surface area (Å²) in [5.41, 5.74) is 2.56. The van der Waals surface area contributed by atoms with Gasteiger partial charge in [0, 0.05) is 13.0 Å². The molecule has 0 aromatic heterocycles. The fourth-order valence-corrected chi connectivity index (χ4v) is 3.11. The third-order valence-electron chi connectivity index (χ3n) is 5.18. The Morgan fingerprint density at radius 1 is 1.00 bits per heavy atom. The SMILES string of the molecule is CCC(C)CCN(C)Cc1ccc(OC(CCNC)c2ccccc2)cc1. The highest BCUT2D eigenvalue weighted by Crippen LogP contribution is 2.25. The van der Waals surface area contributed by atoms with E-state index >= 15 is 0 Å². The first-order valence-electron chi connectivity index (χ1n) is 10.3. The van der Waals surface area contributed by atoms with Gasteiger partial charge in [-0.2, -0.15) is 0 Å². The van der Waals surface area contributed by atoms with Gasteiger partial charge in [0.2, 0.25) is 0 Å². The van der Waals surface area contributed by atoms with Crippen molar-refractivity contribution in [2.45, 2.75) is 45.8 Å². The summed E-state index contributed by atoms with van der Waals surface area (Å²) in [5, 5.41) is 3.22. The van der Waals surface area contributed by atoms with Gasteiger partial charge in [0.25, 0.3) is 0 Å². The molecule has 27 heavy (non-hydrogen) atoms. The van der Waals surface area contributed by atoms with Gasteiger partial charge in [-0.05, 0) is 62.8 Å². The van der Waals surface area contributed by atoms with Gasteiger partial charge in [-0.25, -0.2) is 0 Å². The Bertz CT molecular complexity index is 627. The topological polar surface area (TPSA) is 24.5 Å². The summed E-state index contributed by atoms with van der Waals surface area (Å²) < 4.78 is 6.30. The number of nitrogens with one attached hydrogen (secondary N) is 1. The third kappa shape index (κ3) is 7.74. The summed E-state index contributed by atoms with van der Waals surface area (Å²) >= 11 is 0. The van der Waals surface area contributed by atoms with E-state index in [9.17, 15) is 0 Å². The van der Waals surface area contributed by atoms with Crippen LogP contribution in [0.1, 0.15) is 50.3 Å². The highest BCUT2D eigenvalue weighted by atomic mass is 16.5. The molecule has 0 radical (unpaired) electrons. The Morgan fingerprint density at radius 3 is 2.33 bits per heavy atom. The van der Waals surface area contributed by atoms with Crippen molar-refractivity contribution >= 4 is 0 Å². The van der Waals surface area contributed by atoms with Crippen LogP contribution in [0.4, 0.5) is 0 Å². The summed E-state index contributed by atoms with van der Waals surface area (Å²) in [6, 6.07) is 19.1. The molecule has 0 heterocycles. The van der Waals surface area contributed by atoms with Crippen LogP contribution in [-0.2, 0) is 6.54 Å². The fraction of sp³-hybridized carbons (Fsp3) is 0.500. The molecule has 0 aliphatic heterocycles. The van der Waals surface area contributed by atoms with Gasteiger partial charge in [0.15, 0.2) is 0 Å². The summed E-state index contributed by atoms with van der Waals surface area (Å²) in [5.74, 6) is 1.74. The van der Waals surface area contributed by atoms with E-state index in [-0.39, 0.29) is 6.10 Å². The Hall–Kier alpha value is -1.84. The van der Waals surface area contributed by atoms with E-state index in [4.69, 9.17) is 4.74 Å². The highest BCUT2D eigenvalue weighted by molar-refractivity contribution is 5.28. The standard InChI is InChI=1S/C24H36N2O/c1-5-20(2)16-18-26(4)19-21-11-13-23(14-12-21)27-24(15-17-25-3)22-9-7-6-8-10-22/h6-14,20,24-25H,5,15-19H2,1-4H3. The molecule has 2 aromatic carbocycles. The van der Waals surface area contributed by atoms with Gasteiger partial charge in [-0.15, -0.1) is 0 Å². The zero-order chi connectivity index (χ0) is 19.5. The zero-order valence-corrected chi connectivity index (χ0v) is 17.4. The number of hydrogen-bond donors (Lipinski definition) is 1. The average molecular weight is 369 g/mol. The van der Waals surface area contributed by atoms with Crippen LogP contribution < -0.4 is 10.1 Å². The second-order valence-electron chi connectivity index (χ2n) is 7.59. The smallest absolute Gasteiger partial charge is 0.125 e. The van der Waals surface area contributed by atoms with Gasteiger partial charge in [-0.3, -0.25) is 0 Å². The molecule has 2 rings (SSSR count). The second-order valence-corrected chi connectivity index (χ2v) is 7.59. The number of hydrogen-bond acceptors (Lipinski definition) is 3. The van der Waals surface area contributed by atoms with Crippen LogP contribution in [0, 0.1) is 5.92 Å². The van der Waals surface area contributed by atoms with Crippen LogP contribution in [0.2, 0.25) is 0 Å². The van der Waals surface area contributed by atoms with Crippen LogP contribution >= 0.6 is 0 Å². The van der Waals surface area contributed by atoms with Crippen molar-refractivity contribution in [2.24, 2.45) is 5.92 Å².